The lowest BCUT2D eigenvalue weighted by Crippen LogP contribution is -2.58. The summed E-state index contributed by atoms with van der Waals surface area (Å²) in [4.78, 5) is 26.7. The van der Waals surface area contributed by atoms with E-state index >= 15 is 0 Å². The Bertz CT molecular complexity index is 904. The van der Waals surface area contributed by atoms with Crippen LogP contribution in [0.2, 0.25) is 0 Å². The number of anilines is 1. The van der Waals surface area contributed by atoms with E-state index in [-0.39, 0.29) is 12.0 Å². The molecule has 2 heterocycles. The van der Waals surface area contributed by atoms with Crippen LogP contribution in [0, 0.1) is 13.8 Å². The summed E-state index contributed by atoms with van der Waals surface area (Å²) in [6.07, 6.45) is -0.867. The molecule has 31 heavy (non-hydrogen) atoms. The molecule has 0 saturated carbocycles. The lowest BCUT2D eigenvalue weighted by Gasteiger charge is -2.49. The lowest BCUT2D eigenvalue weighted by atomic mass is 9.72. The standard InChI is InChI=1S/C24H30N2O5/c1-17-9-20(26-11-21(12-27)31-23(26)28)10-18(2)22(17)24(3)14-25(15-24)16-30-29-13-19-7-5-4-6-8-19/h4-10,21,27H,11-16H2,1-3H3/t21-/m1/s1. The highest BCUT2D eigenvalue weighted by Gasteiger charge is 2.42. The molecule has 1 atom stereocenters. The first-order valence-electron chi connectivity index (χ1n) is 10.6. The van der Waals surface area contributed by atoms with Crippen molar-refractivity contribution in [2.75, 3.05) is 37.9 Å². The highest BCUT2D eigenvalue weighted by atomic mass is 17.2. The number of benzene rings is 2. The number of carbonyl (C=O) groups is 1. The van der Waals surface area contributed by atoms with Gasteiger partial charge < -0.3 is 9.84 Å². The van der Waals surface area contributed by atoms with Gasteiger partial charge in [0.25, 0.3) is 0 Å². The van der Waals surface area contributed by atoms with Crippen LogP contribution in [-0.4, -0.2) is 55.2 Å². The number of aliphatic hydroxyl groups excluding tert-OH is 1. The molecule has 2 aromatic rings. The summed E-state index contributed by atoms with van der Waals surface area (Å²) >= 11 is 0. The molecule has 2 saturated heterocycles. The van der Waals surface area contributed by atoms with Gasteiger partial charge in [-0.2, -0.15) is 0 Å². The van der Waals surface area contributed by atoms with Crippen LogP contribution in [0.4, 0.5) is 10.5 Å². The van der Waals surface area contributed by atoms with E-state index in [1.54, 1.807) is 4.90 Å². The zero-order valence-electron chi connectivity index (χ0n) is 18.3. The summed E-state index contributed by atoms with van der Waals surface area (Å²) in [6, 6.07) is 14.0. The molecular weight excluding hydrogens is 396 g/mol. The van der Waals surface area contributed by atoms with Gasteiger partial charge in [0.2, 0.25) is 0 Å². The zero-order chi connectivity index (χ0) is 22.0. The van der Waals surface area contributed by atoms with Crippen molar-refractivity contribution >= 4 is 11.8 Å². The fourth-order valence-electron chi connectivity index (χ4n) is 4.86. The van der Waals surface area contributed by atoms with Crippen LogP contribution in [-0.2, 0) is 26.5 Å². The predicted octanol–water partition coefficient (Wildman–Crippen LogP) is 3.30. The second kappa shape index (κ2) is 8.96. The third-order valence-electron chi connectivity index (χ3n) is 6.04. The second-order valence-electron chi connectivity index (χ2n) is 8.80. The molecule has 2 aliphatic rings. The summed E-state index contributed by atoms with van der Waals surface area (Å²) in [5, 5.41) is 9.28. The smallest absolute Gasteiger partial charge is 0.414 e. The number of hydrogen-bond donors (Lipinski definition) is 1. The number of carbonyl (C=O) groups excluding carboxylic acids is 1. The fourth-order valence-corrected chi connectivity index (χ4v) is 4.86. The van der Waals surface area contributed by atoms with Gasteiger partial charge >= 0.3 is 6.09 Å². The van der Waals surface area contributed by atoms with Gasteiger partial charge in [0, 0.05) is 24.2 Å². The highest BCUT2D eigenvalue weighted by molar-refractivity contribution is 5.90. The Hall–Kier alpha value is -2.45. The average molecular weight is 427 g/mol. The second-order valence-corrected chi connectivity index (χ2v) is 8.80. The van der Waals surface area contributed by atoms with Gasteiger partial charge in [-0.25, -0.2) is 14.6 Å². The Kier molecular flexibility index (Phi) is 6.29. The third kappa shape index (κ3) is 4.60. The molecule has 0 unspecified atom stereocenters. The number of rotatable bonds is 8. The van der Waals surface area contributed by atoms with Gasteiger partial charge in [-0.3, -0.25) is 9.80 Å². The summed E-state index contributed by atoms with van der Waals surface area (Å²) in [6.45, 7) is 9.26. The summed E-state index contributed by atoms with van der Waals surface area (Å²) in [5.41, 5.74) is 5.53. The normalized spacial score (nSPS) is 20.6. The van der Waals surface area contributed by atoms with E-state index in [0.717, 1.165) is 35.5 Å². The van der Waals surface area contributed by atoms with E-state index < -0.39 is 12.2 Å². The molecule has 2 aliphatic heterocycles. The van der Waals surface area contributed by atoms with Crippen molar-refractivity contribution < 1.29 is 24.4 Å². The van der Waals surface area contributed by atoms with Gasteiger partial charge in [-0.1, -0.05) is 37.3 Å². The van der Waals surface area contributed by atoms with E-state index in [2.05, 4.69) is 25.7 Å². The maximum Gasteiger partial charge on any atom is 0.414 e. The molecule has 0 aliphatic carbocycles. The first kappa shape index (κ1) is 21.8. The first-order chi connectivity index (χ1) is 14.9. The maximum atomic E-state index is 12.1. The summed E-state index contributed by atoms with van der Waals surface area (Å²) < 4.78 is 5.18. The molecule has 4 rings (SSSR count). The summed E-state index contributed by atoms with van der Waals surface area (Å²) in [7, 11) is 0. The van der Waals surface area contributed by atoms with Gasteiger partial charge in [-0.15, -0.1) is 0 Å². The number of ether oxygens (including phenoxy) is 1. The van der Waals surface area contributed by atoms with E-state index in [0.29, 0.717) is 19.9 Å². The van der Waals surface area contributed by atoms with Crippen LogP contribution in [0.3, 0.4) is 0 Å². The van der Waals surface area contributed by atoms with Crippen LogP contribution < -0.4 is 4.90 Å². The average Bonchev–Trinajstić information content (AvgIpc) is 3.11. The van der Waals surface area contributed by atoms with Crippen molar-refractivity contribution in [3.63, 3.8) is 0 Å². The van der Waals surface area contributed by atoms with Crippen molar-refractivity contribution in [1.82, 2.24) is 4.90 Å². The maximum absolute atomic E-state index is 12.1. The van der Waals surface area contributed by atoms with Gasteiger partial charge in [0.1, 0.15) is 19.4 Å². The molecule has 1 N–H and O–H groups in total. The van der Waals surface area contributed by atoms with Crippen LogP contribution >= 0.6 is 0 Å². The molecule has 7 heteroatoms. The molecule has 0 aromatic heterocycles. The minimum absolute atomic E-state index is 0.0225. The van der Waals surface area contributed by atoms with Gasteiger partial charge in [-0.05, 0) is 48.2 Å². The van der Waals surface area contributed by atoms with E-state index in [9.17, 15) is 9.90 Å². The molecule has 2 aromatic carbocycles. The van der Waals surface area contributed by atoms with Crippen molar-refractivity contribution in [2.24, 2.45) is 0 Å². The minimum Gasteiger partial charge on any atom is -0.441 e. The van der Waals surface area contributed by atoms with Crippen molar-refractivity contribution in [1.29, 1.82) is 0 Å². The quantitative estimate of drug-likeness (QED) is 0.397. The SMILES string of the molecule is Cc1cc(N2C[C@H](CO)OC2=O)cc(C)c1C1(C)CN(COOCc2ccccc2)C1. The third-order valence-corrected chi connectivity index (χ3v) is 6.04. The topological polar surface area (TPSA) is 71.5 Å². The Balaban J connectivity index is 1.34. The Morgan fingerprint density at radius 1 is 1.13 bits per heavy atom. The number of amides is 1. The Labute approximate surface area is 183 Å². The van der Waals surface area contributed by atoms with Crippen LogP contribution in [0.15, 0.2) is 42.5 Å². The Morgan fingerprint density at radius 2 is 1.81 bits per heavy atom. The zero-order valence-corrected chi connectivity index (χ0v) is 18.3. The largest absolute Gasteiger partial charge is 0.441 e. The number of likely N-dealkylation sites (tertiary alicyclic amines) is 1. The molecule has 7 nitrogen and oxygen atoms in total. The van der Waals surface area contributed by atoms with Crippen molar-refractivity contribution in [2.45, 2.75) is 38.9 Å². The van der Waals surface area contributed by atoms with Crippen molar-refractivity contribution in [3.8, 4) is 0 Å². The highest BCUT2D eigenvalue weighted by Crippen LogP contribution is 2.39. The monoisotopic (exact) mass is 426 g/mol. The van der Waals surface area contributed by atoms with E-state index in [1.165, 1.54) is 5.56 Å². The van der Waals surface area contributed by atoms with Crippen LogP contribution in [0.25, 0.3) is 0 Å². The number of hydrogen-bond acceptors (Lipinski definition) is 6. The number of aliphatic hydroxyl groups is 1. The van der Waals surface area contributed by atoms with E-state index in [1.807, 2.05) is 42.5 Å². The molecular formula is C24H30N2O5. The van der Waals surface area contributed by atoms with Crippen LogP contribution in [0.5, 0.6) is 0 Å². The Morgan fingerprint density at radius 3 is 2.42 bits per heavy atom. The molecule has 2 fully saturated rings. The predicted molar refractivity (Wildman–Crippen MR) is 117 cm³/mol. The molecule has 1 amide bonds. The summed E-state index contributed by atoms with van der Waals surface area (Å²) in [5.74, 6) is 0. The molecule has 166 valence electrons. The number of nitrogens with zero attached hydrogens (tertiary/aromatic N) is 2. The molecule has 0 spiro atoms. The van der Waals surface area contributed by atoms with E-state index in [4.69, 9.17) is 14.5 Å². The molecule has 0 bridgehead atoms. The van der Waals surface area contributed by atoms with Gasteiger partial charge in [0.05, 0.1) is 13.2 Å². The minimum atomic E-state index is -0.463. The lowest BCUT2D eigenvalue weighted by molar-refractivity contribution is -0.330. The fraction of sp³-hybridized carbons (Fsp3) is 0.458. The van der Waals surface area contributed by atoms with Gasteiger partial charge in [0.15, 0.2) is 0 Å². The first-order valence-corrected chi connectivity index (χ1v) is 10.6. The molecule has 0 radical (unpaired) electrons. The number of cyclic esters (lactones) is 1. The number of aryl methyl sites for hydroxylation is 2. The van der Waals surface area contributed by atoms with Crippen LogP contribution in [0.1, 0.15) is 29.2 Å². The van der Waals surface area contributed by atoms with Crippen molar-refractivity contribution in [3.05, 3.63) is 64.7 Å².